The number of methoxy groups -OCH3 is 1. The van der Waals surface area contributed by atoms with E-state index in [-0.39, 0.29) is 17.8 Å². The Morgan fingerprint density at radius 2 is 2.38 bits per heavy atom. The lowest BCUT2D eigenvalue weighted by Crippen LogP contribution is -2.09. The monoisotopic (exact) mass is 226 g/mol. The van der Waals surface area contributed by atoms with Crippen LogP contribution in [0, 0.1) is 10.1 Å². The highest BCUT2D eigenvalue weighted by atomic mass is 16.6. The van der Waals surface area contributed by atoms with E-state index in [1.165, 1.54) is 19.2 Å². The maximum Gasteiger partial charge on any atom is 0.308 e. The van der Waals surface area contributed by atoms with Gasteiger partial charge in [-0.2, -0.15) is 0 Å². The molecule has 0 bridgehead atoms. The van der Waals surface area contributed by atoms with Crippen molar-refractivity contribution in [3.8, 4) is 0 Å². The van der Waals surface area contributed by atoms with Crippen LogP contribution in [-0.4, -0.2) is 28.1 Å². The number of nitrogens with zero attached hydrogens (tertiary/aromatic N) is 2. The minimum Gasteiger partial charge on any atom is -0.469 e. The van der Waals surface area contributed by atoms with Crippen LogP contribution >= 0.6 is 0 Å². The van der Waals surface area contributed by atoms with Crippen LogP contribution in [0.25, 0.3) is 0 Å². The third-order valence-corrected chi connectivity index (χ3v) is 1.91. The van der Waals surface area contributed by atoms with Crippen molar-refractivity contribution in [2.45, 2.75) is 12.5 Å². The van der Waals surface area contributed by atoms with Crippen LogP contribution in [-0.2, 0) is 9.53 Å². The van der Waals surface area contributed by atoms with Crippen molar-refractivity contribution in [3.63, 3.8) is 0 Å². The quantitative estimate of drug-likeness (QED) is 0.457. The molecule has 0 radical (unpaired) electrons. The van der Waals surface area contributed by atoms with E-state index in [0.717, 1.165) is 6.20 Å². The average molecular weight is 226 g/mol. The van der Waals surface area contributed by atoms with Gasteiger partial charge in [-0.05, 0) is 6.07 Å². The molecule has 0 aliphatic heterocycles. The summed E-state index contributed by atoms with van der Waals surface area (Å²) in [6.07, 6.45) is -0.329. The largest absolute Gasteiger partial charge is 0.469 e. The summed E-state index contributed by atoms with van der Waals surface area (Å²) in [5.41, 5.74) is 0.0185. The Hall–Kier alpha value is -2.02. The topological polar surface area (TPSA) is 103 Å². The number of carbonyl (C=O) groups excluding carboxylic acids is 1. The van der Waals surface area contributed by atoms with Crippen molar-refractivity contribution >= 4 is 11.7 Å². The van der Waals surface area contributed by atoms with E-state index in [0.29, 0.717) is 0 Å². The molecule has 0 aromatic carbocycles. The molecule has 7 nitrogen and oxygen atoms in total. The molecule has 7 heteroatoms. The summed E-state index contributed by atoms with van der Waals surface area (Å²) < 4.78 is 4.37. The van der Waals surface area contributed by atoms with Gasteiger partial charge in [0.2, 0.25) is 0 Å². The summed E-state index contributed by atoms with van der Waals surface area (Å²) in [5, 5.41) is 19.9. The normalized spacial score (nSPS) is 11.9. The van der Waals surface area contributed by atoms with Gasteiger partial charge in [0.1, 0.15) is 12.3 Å². The maximum atomic E-state index is 10.9. The third kappa shape index (κ3) is 2.99. The van der Waals surface area contributed by atoms with Gasteiger partial charge in [-0.3, -0.25) is 19.9 Å². The van der Waals surface area contributed by atoms with Crippen molar-refractivity contribution in [1.82, 2.24) is 4.98 Å². The summed E-state index contributed by atoms with van der Waals surface area (Å²) >= 11 is 0. The smallest absolute Gasteiger partial charge is 0.308 e. The van der Waals surface area contributed by atoms with Gasteiger partial charge in [-0.15, -0.1) is 0 Å². The number of aliphatic hydroxyl groups is 1. The Kier molecular flexibility index (Phi) is 3.90. The lowest BCUT2D eigenvalue weighted by Gasteiger charge is -2.07. The molecular weight excluding hydrogens is 216 g/mol. The highest BCUT2D eigenvalue weighted by Crippen LogP contribution is 2.17. The highest BCUT2D eigenvalue weighted by Gasteiger charge is 2.15. The van der Waals surface area contributed by atoms with Gasteiger partial charge in [-0.1, -0.05) is 0 Å². The average Bonchev–Trinajstić information content (AvgIpc) is 2.28. The first kappa shape index (κ1) is 12.1. The number of ether oxygens (including phenoxy) is 1. The third-order valence-electron chi connectivity index (χ3n) is 1.91. The van der Waals surface area contributed by atoms with Gasteiger partial charge < -0.3 is 9.84 Å². The summed E-state index contributed by atoms with van der Waals surface area (Å²) in [6.45, 7) is 0. The summed E-state index contributed by atoms with van der Waals surface area (Å²) in [7, 11) is 1.21. The first-order valence-corrected chi connectivity index (χ1v) is 4.40. The molecule has 0 spiro atoms. The van der Waals surface area contributed by atoms with Gasteiger partial charge in [0.25, 0.3) is 5.69 Å². The molecule has 1 aromatic heterocycles. The summed E-state index contributed by atoms with van der Waals surface area (Å²) in [5.74, 6) is -0.576. The van der Waals surface area contributed by atoms with Crippen LogP contribution in [0.15, 0.2) is 18.3 Å². The van der Waals surface area contributed by atoms with Crippen molar-refractivity contribution in [2.24, 2.45) is 0 Å². The Morgan fingerprint density at radius 1 is 1.69 bits per heavy atom. The fraction of sp³-hybridized carbons (Fsp3) is 0.333. The second-order valence-electron chi connectivity index (χ2n) is 2.99. The number of aromatic nitrogens is 1. The molecule has 0 aliphatic carbocycles. The van der Waals surface area contributed by atoms with Crippen LogP contribution in [0.3, 0.4) is 0 Å². The van der Waals surface area contributed by atoms with E-state index >= 15 is 0 Å². The minimum absolute atomic E-state index is 0.172. The van der Waals surface area contributed by atoms with Crippen molar-refractivity contribution in [1.29, 1.82) is 0 Å². The Morgan fingerprint density at radius 3 is 2.81 bits per heavy atom. The predicted octanol–water partition coefficient (Wildman–Crippen LogP) is 0.586. The van der Waals surface area contributed by atoms with Crippen LogP contribution in [0.4, 0.5) is 5.69 Å². The highest BCUT2D eigenvalue weighted by molar-refractivity contribution is 5.69. The lowest BCUT2D eigenvalue weighted by atomic mass is 10.1. The number of aliphatic hydroxyl groups excluding tert-OH is 1. The molecule has 1 rings (SSSR count). The van der Waals surface area contributed by atoms with Crippen molar-refractivity contribution in [2.75, 3.05) is 7.11 Å². The maximum absolute atomic E-state index is 10.9. The molecule has 0 aliphatic rings. The standard InChI is InChI=1S/C9H10N2O5/c1-16-9(13)4-8(12)7-3-2-6(5-10-7)11(14)15/h2-3,5,8,12H,4H2,1H3/t8-/m0/s1. The van der Waals surface area contributed by atoms with Gasteiger partial charge >= 0.3 is 5.97 Å². The van der Waals surface area contributed by atoms with Crippen molar-refractivity contribution in [3.05, 3.63) is 34.1 Å². The summed E-state index contributed by atoms with van der Waals surface area (Å²) in [4.78, 5) is 24.3. The van der Waals surface area contributed by atoms with Crippen molar-refractivity contribution < 1.29 is 19.6 Å². The van der Waals surface area contributed by atoms with E-state index < -0.39 is 17.0 Å². The zero-order valence-electron chi connectivity index (χ0n) is 8.49. The molecule has 0 fully saturated rings. The Labute approximate surface area is 90.8 Å². The molecule has 0 unspecified atom stereocenters. The second-order valence-corrected chi connectivity index (χ2v) is 2.99. The first-order chi connectivity index (χ1) is 7.54. The molecule has 1 N–H and O–H groups in total. The van der Waals surface area contributed by atoms with Crippen LogP contribution in [0.2, 0.25) is 0 Å². The van der Waals surface area contributed by atoms with E-state index in [1.807, 2.05) is 0 Å². The lowest BCUT2D eigenvalue weighted by molar-refractivity contribution is -0.385. The Balaban J connectivity index is 2.73. The van der Waals surface area contributed by atoms with Crippen LogP contribution < -0.4 is 0 Å². The van der Waals surface area contributed by atoms with Gasteiger partial charge in [-0.25, -0.2) is 0 Å². The number of esters is 1. The number of rotatable bonds is 4. The zero-order chi connectivity index (χ0) is 12.1. The first-order valence-electron chi connectivity index (χ1n) is 4.40. The van der Waals surface area contributed by atoms with E-state index in [2.05, 4.69) is 9.72 Å². The number of nitro groups is 1. The van der Waals surface area contributed by atoms with Crippen LogP contribution in [0.1, 0.15) is 18.2 Å². The molecular formula is C9H10N2O5. The predicted molar refractivity (Wildman–Crippen MR) is 52.5 cm³/mol. The molecule has 0 amide bonds. The number of hydrogen-bond acceptors (Lipinski definition) is 6. The molecule has 0 saturated heterocycles. The molecule has 1 heterocycles. The SMILES string of the molecule is COC(=O)C[C@H](O)c1ccc([N+](=O)[O-])cn1. The van der Waals surface area contributed by atoms with E-state index in [1.54, 1.807) is 0 Å². The van der Waals surface area contributed by atoms with E-state index in [9.17, 15) is 20.0 Å². The van der Waals surface area contributed by atoms with Crippen LogP contribution in [0.5, 0.6) is 0 Å². The fourth-order valence-corrected chi connectivity index (χ4v) is 1.05. The van der Waals surface area contributed by atoms with Gasteiger partial charge in [0.05, 0.1) is 24.1 Å². The van der Waals surface area contributed by atoms with Gasteiger partial charge in [0.15, 0.2) is 0 Å². The van der Waals surface area contributed by atoms with E-state index in [4.69, 9.17) is 0 Å². The van der Waals surface area contributed by atoms with Gasteiger partial charge in [0, 0.05) is 6.07 Å². The second kappa shape index (κ2) is 5.17. The number of hydrogen-bond donors (Lipinski definition) is 1. The molecule has 1 atom stereocenters. The zero-order valence-corrected chi connectivity index (χ0v) is 8.49. The summed E-state index contributed by atoms with van der Waals surface area (Å²) in [6, 6.07) is 2.51. The molecule has 0 saturated carbocycles. The molecule has 86 valence electrons. The Bertz CT molecular complexity index is 389. The fourth-order valence-electron chi connectivity index (χ4n) is 1.05. The number of pyridine rings is 1. The number of carbonyl (C=O) groups is 1. The molecule has 16 heavy (non-hydrogen) atoms. The minimum atomic E-state index is -1.12. The molecule has 1 aromatic rings.